The molecule has 0 aliphatic heterocycles. The van der Waals surface area contributed by atoms with Crippen molar-refractivity contribution in [2.24, 2.45) is 0 Å². The van der Waals surface area contributed by atoms with Crippen molar-refractivity contribution in [3.05, 3.63) is 44.6 Å². The SMILES string of the molecule is CSc1nc(Cl)cc(Oc2ccc(Cl)cc2[N+](=O)[O-])n1. The first-order valence-electron chi connectivity index (χ1n) is 5.20. The molecular formula is C11H7Cl2N3O3S. The van der Waals surface area contributed by atoms with Crippen molar-refractivity contribution in [2.75, 3.05) is 6.26 Å². The minimum Gasteiger partial charge on any atom is -0.432 e. The van der Waals surface area contributed by atoms with Crippen LogP contribution >= 0.6 is 35.0 Å². The molecule has 0 radical (unpaired) electrons. The van der Waals surface area contributed by atoms with Crippen LogP contribution in [0.3, 0.4) is 0 Å². The summed E-state index contributed by atoms with van der Waals surface area (Å²) < 4.78 is 5.40. The molecule has 0 fully saturated rings. The highest BCUT2D eigenvalue weighted by Crippen LogP contribution is 2.33. The maximum absolute atomic E-state index is 11.0. The number of ether oxygens (including phenoxy) is 1. The van der Waals surface area contributed by atoms with Crippen molar-refractivity contribution < 1.29 is 9.66 Å². The highest BCUT2D eigenvalue weighted by Gasteiger charge is 2.17. The van der Waals surface area contributed by atoms with Crippen LogP contribution < -0.4 is 4.74 Å². The molecule has 0 saturated carbocycles. The minimum absolute atomic E-state index is 0.0289. The van der Waals surface area contributed by atoms with Crippen molar-refractivity contribution >= 4 is 40.7 Å². The number of aromatic nitrogens is 2. The number of thioether (sulfide) groups is 1. The Bertz CT molecular complexity index is 669. The predicted molar refractivity (Wildman–Crippen MR) is 77.0 cm³/mol. The van der Waals surface area contributed by atoms with Gasteiger partial charge in [-0.25, -0.2) is 4.98 Å². The molecule has 0 atom stereocenters. The molecule has 104 valence electrons. The molecule has 0 aliphatic carbocycles. The molecule has 9 heteroatoms. The minimum atomic E-state index is -0.584. The Morgan fingerprint density at radius 1 is 1.30 bits per heavy atom. The quantitative estimate of drug-likeness (QED) is 0.274. The first-order valence-corrected chi connectivity index (χ1v) is 7.18. The molecule has 0 spiro atoms. The summed E-state index contributed by atoms with van der Waals surface area (Å²) in [4.78, 5) is 18.4. The van der Waals surface area contributed by atoms with E-state index < -0.39 is 4.92 Å². The van der Waals surface area contributed by atoms with Gasteiger partial charge in [0.25, 0.3) is 0 Å². The monoisotopic (exact) mass is 331 g/mol. The maximum atomic E-state index is 11.0. The second-order valence-corrected chi connectivity index (χ2v) is 5.08. The Morgan fingerprint density at radius 3 is 2.70 bits per heavy atom. The summed E-state index contributed by atoms with van der Waals surface area (Å²) in [7, 11) is 0. The summed E-state index contributed by atoms with van der Waals surface area (Å²) in [6, 6.07) is 5.46. The molecule has 6 nitrogen and oxygen atoms in total. The van der Waals surface area contributed by atoms with Crippen molar-refractivity contribution in [1.29, 1.82) is 0 Å². The van der Waals surface area contributed by atoms with Crippen molar-refractivity contribution in [2.45, 2.75) is 5.16 Å². The molecule has 2 aromatic rings. The Hall–Kier alpha value is -1.57. The van der Waals surface area contributed by atoms with Crippen LogP contribution in [0.4, 0.5) is 5.69 Å². The van der Waals surface area contributed by atoms with Gasteiger partial charge < -0.3 is 4.74 Å². The summed E-state index contributed by atoms with van der Waals surface area (Å²) in [6.07, 6.45) is 1.78. The summed E-state index contributed by atoms with van der Waals surface area (Å²) in [6.45, 7) is 0. The lowest BCUT2D eigenvalue weighted by Gasteiger charge is -2.06. The third-order valence-corrected chi connectivity index (χ3v) is 3.14. The molecular weight excluding hydrogens is 325 g/mol. The molecule has 1 heterocycles. The van der Waals surface area contributed by atoms with Crippen LogP contribution in [0.15, 0.2) is 29.4 Å². The number of nitro groups is 1. The lowest BCUT2D eigenvalue weighted by atomic mass is 10.3. The van der Waals surface area contributed by atoms with E-state index in [-0.39, 0.29) is 27.5 Å². The van der Waals surface area contributed by atoms with Crippen LogP contribution in [0.25, 0.3) is 0 Å². The van der Waals surface area contributed by atoms with Gasteiger partial charge in [-0.1, -0.05) is 35.0 Å². The standard InChI is InChI=1S/C11H7Cl2N3O3S/c1-20-11-14-9(13)5-10(15-11)19-8-3-2-6(12)4-7(8)16(17)18/h2-5H,1H3. The van der Waals surface area contributed by atoms with E-state index in [1.165, 1.54) is 36.0 Å². The first kappa shape index (κ1) is 14.8. The van der Waals surface area contributed by atoms with E-state index in [2.05, 4.69) is 9.97 Å². The zero-order chi connectivity index (χ0) is 14.7. The van der Waals surface area contributed by atoms with Crippen molar-refractivity contribution in [3.8, 4) is 11.6 Å². The molecule has 1 aromatic carbocycles. The second kappa shape index (κ2) is 6.25. The van der Waals surface area contributed by atoms with Gasteiger partial charge in [-0.3, -0.25) is 10.1 Å². The van der Waals surface area contributed by atoms with Crippen LogP contribution in [-0.2, 0) is 0 Å². The number of rotatable bonds is 4. The number of nitro benzene ring substituents is 1. The van der Waals surface area contributed by atoms with Crippen LogP contribution in [-0.4, -0.2) is 21.1 Å². The average molecular weight is 332 g/mol. The molecule has 0 aliphatic rings. The zero-order valence-corrected chi connectivity index (χ0v) is 12.4. The Kier molecular flexibility index (Phi) is 4.64. The van der Waals surface area contributed by atoms with E-state index >= 15 is 0 Å². The Morgan fingerprint density at radius 2 is 2.05 bits per heavy atom. The van der Waals surface area contributed by atoms with E-state index in [0.717, 1.165) is 0 Å². The topological polar surface area (TPSA) is 78.2 Å². The molecule has 0 saturated heterocycles. The number of benzene rings is 1. The Labute approximate surface area is 128 Å². The van der Waals surface area contributed by atoms with Gasteiger partial charge >= 0.3 is 5.69 Å². The number of hydrogen-bond acceptors (Lipinski definition) is 6. The first-order chi connectivity index (χ1) is 9.49. The molecule has 2 rings (SSSR count). The summed E-state index contributed by atoms with van der Waals surface area (Å²) in [5.74, 6) is 0.154. The number of nitrogens with zero attached hydrogens (tertiary/aromatic N) is 3. The summed E-state index contributed by atoms with van der Waals surface area (Å²) in [5.41, 5.74) is -0.252. The van der Waals surface area contributed by atoms with Gasteiger partial charge in [-0.15, -0.1) is 0 Å². The number of halogens is 2. The van der Waals surface area contributed by atoms with Gasteiger partial charge in [0.1, 0.15) is 5.15 Å². The maximum Gasteiger partial charge on any atom is 0.313 e. The van der Waals surface area contributed by atoms with E-state index in [9.17, 15) is 10.1 Å². The van der Waals surface area contributed by atoms with E-state index in [1.54, 1.807) is 6.26 Å². The third kappa shape index (κ3) is 3.50. The fraction of sp³-hybridized carbons (Fsp3) is 0.0909. The van der Waals surface area contributed by atoms with Crippen LogP contribution in [0.2, 0.25) is 10.2 Å². The molecule has 0 N–H and O–H groups in total. The van der Waals surface area contributed by atoms with Gasteiger partial charge in [0, 0.05) is 17.2 Å². The van der Waals surface area contributed by atoms with E-state index in [4.69, 9.17) is 27.9 Å². The van der Waals surface area contributed by atoms with Crippen LogP contribution in [0.5, 0.6) is 11.6 Å². The molecule has 0 bridgehead atoms. The fourth-order valence-corrected chi connectivity index (χ4v) is 2.11. The predicted octanol–water partition coefficient (Wildman–Crippen LogP) is 4.21. The lowest BCUT2D eigenvalue weighted by molar-refractivity contribution is -0.385. The average Bonchev–Trinajstić information content (AvgIpc) is 2.40. The molecule has 1 aromatic heterocycles. The number of hydrogen-bond donors (Lipinski definition) is 0. The van der Waals surface area contributed by atoms with Crippen molar-refractivity contribution in [3.63, 3.8) is 0 Å². The second-order valence-electron chi connectivity index (χ2n) is 3.49. The molecule has 0 amide bonds. The van der Waals surface area contributed by atoms with Gasteiger partial charge in [-0.2, -0.15) is 4.98 Å². The third-order valence-electron chi connectivity index (χ3n) is 2.17. The molecule has 0 unspecified atom stereocenters. The lowest BCUT2D eigenvalue weighted by Crippen LogP contribution is -1.96. The highest BCUT2D eigenvalue weighted by molar-refractivity contribution is 7.98. The van der Waals surface area contributed by atoms with Gasteiger partial charge in [0.2, 0.25) is 11.6 Å². The highest BCUT2D eigenvalue weighted by atomic mass is 35.5. The van der Waals surface area contributed by atoms with Gasteiger partial charge in [0.15, 0.2) is 5.16 Å². The fourth-order valence-electron chi connectivity index (χ4n) is 1.35. The Balaban J connectivity index is 2.39. The smallest absolute Gasteiger partial charge is 0.313 e. The zero-order valence-electron chi connectivity index (χ0n) is 10.0. The normalized spacial score (nSPS) is 10.3. The van der Waals surface area contributed by atoms with Gasteiger partial charge in [0.05, 0.1) is 4.92 Å². The van der Waals surface area contributed by atoms with Crippen LogP contribution in [0.1, 0.15) is 0 Å². The van der Waals surface area contributed by atoms with Crippen molar-refractivity contribution in [1.82, 2.24) is 9.97 Å². The van der Waals surface area contributed by atoms with Crippen LogP contribution in [0, 0.1) is 10.1 Å². The van der Waals surface area contributed by atoms with E-state index in [1.807, 2.05) is 0 Å². The van der Waals surface area contributed by atoms with Gasteiger partial charge in [-0.05, 0) is 18.4 Å². The van der Waals surface area contributed by atoms with E-state index in [0.29, 0.717) is 5.16 Å². The largest absolute Gasteiger partial charge is 0.432 e. The summed E-state index contributed by atoms with van der Waals surface area (Å²) >= 11 is 12.8. The summed E-state index contributed by atoms with van der Waals surface area (Å²) in [5, 5.41) is 11.8. The molecule has 20 heavy (non-hydrogen) atoms.